The molecule has 7 N–H and O–H groups in total. The lowest BCUT2D eigenvalue weighted by Gasteiger charge is -2.37. The number of halogens is 1. The van der Waals surface area contributed by atoms with Gasteiger partial charge >= 0.3 is 31.4 Å². The molecule has 588 valence electrons. The van der Waals surface area contributed by atoms with E-state index < -0.39 is 32.6 Å². The number of aromatic nitrogens is 8. The molecule has 0 aliphatic carbocycles. The van der Waals surface area contributed by atoms with Crippen molar-refractivity contribution in [3.63, 3.8) is 0 Å². The number of benzene rings is 3. The van der Waals surface area contributed by atoms with Crippen LogP contribution in [0.25, 0.3) is 55.4 Å². The monoisotopic (exact) mass is 1590 g/mol. The molecule has 0 bridgehead atoms. The molecule has 14 rings (SSSR count). The van der Waals surface area contributed by atoms with Crippen molar-refractivity contribution >= 4 is 120 Å². The number of fused-ring (bicyclic) bond motifs is 3. The highest BCUT2D eigenvalue weighted by molar-refractivity contribution is 9.10. The fourth-order valence-electron chi connectivity index (χ4n) is 12.4. The number of carboxylic acids is 1. The second kappa shape index (κ2) is 33.9. The summed E-state index contributed by atoms with van der Waals surface area (Å²) >= 11 is 3.26. The Morgan fingerprint density at radius 1 is 0.541 bits per heavy atom. The SMILES string of the molecule is CC(C)(C)OC(=O)N1CCN(c2cccc(-c3c[nH]c4ncc(N)cc34)c2)CC1.CC(C)(C)OC(=O)N1CCN(c2cccc(-c3c[nH]c4ncc([N+](=O)[O-])cc34)c2)CC1.CC(C)(C)OC(=O)N1CCN(c2cccc(B3OC(C)(C)C(C)(C)O3)c2)CC1.Cc1[nH]nc(C(=O)O)c1C.O=[N+]([O-])c1cnc2[nH]cc(Br)c2c1. The molecule has 111 heavy (non-hydrogen) atoms. The van der Waals surface area contributed by atoms with Crippen molar-refractivity contribution < 1.29 is 57.7 Å². The topological polar surface area (TPSA) is 381 Å². The van der Waals surface area contributed by atoms with Gasteiger partial charge in [-0.1, -0.05) is 36.4 Å². The van der Waals surface area contributed by atoms with Crippen LogP contribution in [0, 0.1) is 34.1 Å². The first-order valence-corrected chi connectivity index (χ1v) is 37.2. The van der Waals surface area contributed by atoms with Gasteiger partial charge in [0.15, 0.2) is 5.69 Å². The van der Waals surface area contributed by atoms with Crippen LogP contribution in [0.4, 0.5) is 48.5 Å². The molecule has 0 atom stereocenters. The summed E-state index contributed by atoms with van der Waals surface area (Å²) in [5.74, 6) is -0.984. The number of aromatic carboxylic acids is 1. The molecule has 0 saturated carbocycles. The number of rotatable bonds is 9. The van der Waals surface area contributed by atoms with Gasteiger partial charge in [-0.15, -0.1) is 0 Å². The molecule has 10 aromatic rings. The molecule has 3 amide bonds. The summed E-state index contributed by atoms with van der Waals surface area (Å²) in [6.07, 6.45) is 8.86. The summed E-state index contributed by atoms with van der Waals surface area (Å²) in [5, 5.41) is 38.7. The van der Waals surface area contributed by atoms with Crippen LogP contribution in [0.1, 0.15) is 112 Å². The number of amides is 3. The zero-order valence-corrected chi connectivity index (χ0v) is 66.8. The van der Waals surface area contributed by atoms with E-state index in [2.05, 4.69) is 141 Å². The van der Waals surface area contributed by atoms with Gasteiger partial charge in [0.25, 0.3) is 11.4 Å². The number of nitrogens with zero attached hydrogens (tertiary/aromatic N) is 12. The quantitative estimate of drug-likeness (QED) is 0.0338. The third-order valence-electron chi connectivity index (χ3n) is 19.0. The minimum Gasteiger partial charge on any atom is -0.476 e. The van der Waals surface area contributed by atoms with Gasteiger partial charge in [-0.05, 0) is 179 Å². The molecule has 4 fully saturated rings. The Morgan fingerprint density at radius 2 is 0.910 bits per heavy atom. The summed E-state index contributed by atoms with van der Waals surface area (Å²) in [5.41, 5.74) is 16.4. The summed E-state index contributed by atoms with van der Waals surface area (Å²) < 4.78 is 29.6. The van der Waals surface area contributed by atoms with E-state index in [0.717, 1.165) is 92.2 Å². The number of aromatic amines is 4. The fraction of sp³-hybridized carbons (Fsp3) is 0.410. The average molecular weight is 1590 g/mol. The zero-order valence-electron chi connectivity index (χ0n) is 65.3. The van der Waals surface area contributed by atoms with Crippen molar-refractivity contribution in [1.29, 1.82) is 0 Å². The predicted molar refractivity (Wildman–Crippen MR) is 432 cm³/mol. The van der Waals surface area contributed by atoms with Gasteiger partial charge in [-0.25, -0.2) is 34.1 Å². The first-order chi connectivity index (χ1) is 52.2. The standard InChI is InChI=1S/C22H25N5O4.C22H27N5O2.C21H33BN2O4.C7H4BrN3O2.C6H8N2O2/c1-22(2,3)31-21(28)26-9-7-25(8-10-26)16-6-4-5-15(11-16)19-14-24-20-18(19)12-17(13-23-20)27(29)30;1-22(2,3)29-21(28)27-9-7-26(8-10-27)17-6-4-5-15(11-17)19-14-25-20-18(19)12-16(23)13-24-20;1-19(2,3)26-18(25)24-13-11-23(12-14-24)17-10-8-9-16(15-17)22-27-20(4,5)21(6,7)28-22;8-6-3-10-7-5(6)1-4(2-9-7)11(12)13;1-3-4(2)7-8-5(3)6(9)10/h4-6,11-14H,7-10H2,1-3H3,(H,23,24);4-6,11-14H,7-10,23H2,1-3H3,(H,24,25);8-10,15H,11-14H2,1-7H3;1-3H,(H,9,10);1-2H3,(H,7,8)(H,9,10). The van der Waals surface area contributed by atoms with Gasteiger partial charge in [-0.3, -0.25) is 25.3 Å². The molecule has 4 aliphatic rings. The summed E-state index contributed by atoms with van der Waals surface area (Å²) in [7, 11) is -0.368. The Hall–Kier alpha value is -11.3. The van der Waals surface area contributed by atoms with Crippen molar-refractivity contribution in [3.05, 3.63) is 170 Å². The number of hydrogen-bond acceptors (Lipinski definition) is 21. The number of aryl methyl sites for hydroxylation is 1. The minimum absolute atomic E-state index is 0.00667. The smallest absolute Gasteiger partial charge is 0.476 e. The fourth-order valence-corrected chi connectivity index (χ4v) is 12.8. The maximum atomic E-state index is 12.3. The van der Waals surface area contributed by atoms with Gasteiger partial charge in [-0.2, -0.15) is 5.10 Å². The number of pyridine rings is 3. The van der Waals surface area contributed by atoms with E-state index >= 15 is 0 Å². The molecule has 11 heterocycles. The number of ether oxygens (including phenoxy) is 3. The molecule has 0 spiro atoms. The number of hydrogen-bond donors (Lipinski definition) is 6. The van der Waals surface area contributed by atoms with Crippen LogP contribution in [0.2, 0.25) is 0 Å². The highest BCUT2D eigenvalue weighted by atomic mass is 79.9. The Morgan fingerprint density at radius 3 is 1.29 bits per heavy atom. The van der Waals surface area contributed by atoms with E-state index in [1.165, 1.54) is 18.5 Å². The third kappa shape index (κ3) is 21.0. The summed E-state index contributed by atoms with van der Waals surface area (Å²) in [6, 6.07) is 29.7. The first-order valence-electron chi connectivity index (χ1n) is 36.4. The number of nitrogens with one attached hydrogen (secondary N) is 4. The van der Waals surface area contributed by atoms with Gasteiger partial charge in [0.2, 0.25) is 0 Å². The van der Waals surface area contributed by atoms with E-state index in [4.69, 9.17) is 34.4 Å². The van der Waals surface area contributed by atoms with Crippen molar-refractivity contribution in [2.75, 3.05) is 99.0 Å². The predicted octanol–water partition coefficient (Wildman–Crippen LogP) is 14.1. The van der Waals surface area contributed by atoms with E-state index in [9.17, 15) is 39.4 Å². The highest BCUT2D eigenvalue weighted by Crippen LogP contribution is 2.38. The van der Waals surface area contributed by atoms with Crippen molar-refractivity contribution in [3.8, 4) is 22.3 Å². The van der Waals surface area contributed by atoms with Gasteiger partial charge in [0.05, 0.1) is 32.9 Å². The van der Waals surface area contributed by atoms with E-state index in [1.54, 1.807) is 47.0 Å². The maximum Gasteiger partial charge on any atom is 0.494 e. The number of carboxylic acid groups (broad SMARTS) is 1. The normalized spacial score (nSPS) is 15.6. The van der Waals surface area contributed by atoms with Crippen LogP contribution >= 0.6 is 15.9 Å². The molecule has 31 nitrogen and oxygen atoms in total. The van der Waals surface area contributed by atoms with Crippen LogP contribution in [0.15, 0.2) is 133 Å². The summed E-state index contributed by atoms with van der Waals surface area (Å²) in [4.78, 5) is 101. The van der Waals surface area contributed by atoms with Crippen LogP contribution in [0.3, 0.4) is 0 Å². The molecule has 0 radical (unpaired) electrons. The number of nitrogens with two attached hydrogens (primary N) is 1. The molecule has 33 heteroatoms. The molecular weight excluding hydrogens is 1490 g/mol. The molecule has 3 aromatic carbocycles. The van der Waals surface area contributed by atoms with E-state index in [-0.39, 0.29) is 53.7 Å². The molecule has 4 saturated heterocycles. The number of carbonyl (C=O) groups is 4. The molecular formula is C78H97BBrN17O14. The molecule has 0 unspecified atom stereocenters. The van der Waals surface area contributed by atoms with Gasteiger partial charge in [0, 0.05) is 169 Å². The molecule has 4 aliphatic heterocycles. The number of nitro groups is 2. The number of nitrogen functional groups attached to an aromatic ring is 1. The van der Waals surface area contributed by atoms with Gasteiger partial charge in [0.1, 0.15) is 46.1 Å². The zero-order chi connectivity index (χ0) is 80.7. The minimum atomic E-state index is -0.984. The van der Waals surface area contributed by atoms with Crippen LogP contribution in [-0.2, 0) is 23.5 Å². The van der Waals surface area contributed by atoms with Crippen molar-refractivity contribution in [2.45, 2.75) is 132 Å². The summed E-state index contributed by atoms with van der Waals surface area (Å²) in [6.45, 7) is 36.9. The lowest BCUT2D eigenvalue weighted by atomic mass is 9.79. The van der Waals surface area contributed by atoms with Crippen molar-refractivity contribution in [1.82, 2.24) is 54.8 Å². The Bertz CT molecular complexity index is 4980. The van der Waals surface area contributed by atoms with E-state index in [1.807, 2.05) is 111 Å². The van der Waals surface area contributed by atoms with E-state index in [0.29, 0.717) is 85.7 Å². The molecule has 7 aromatic heterocycles. The largest absolute Gasteiger partial charge is 0.494 e. The highest BCUT2D eigenvalue weighted by Gasteiger charge is 2.52. The number of carbonyl (C=O) groups excluding carboxylic acids is 3. The van der Waals surface area contributed by atoms with Crippen molar-refractivity contribution in [2.24, 2.45) is 0 Å². The number of anilines is 4. The number of H-pyrrole nitrogens is 4. The Labute approximate surface area is 652 Å². The van der Waals surface area contributed by atoms with Crippen LogP contribution in [-0.4, -0.2) is 208 Å². The lowest BCUT2D eigenvalue weighted by Crippen LogP contribution is -2.50. The Balaban J connectivity index is 0.000000155. The van der Waals surface area contributed by atoms with Crippen LogP contribution in [0.5, 0.6) is 0 Å². The maximum absolute atomic E-state index is 12.3. The third-order valence-corrected chi connectivity index (χ3v) is 19.7. The Kier molecular flexibility index (Phi) is 25.1. The number of piperazine rings is 3. The van der Waals surface area contributed by atoms with Gasteiger partial charge < -0.3 is 78.7 Å². The average Bonchev–Trinajstić information content (AvgIpc) is 1.73. The lowest BCUT2D eigenvalue weighted by molar-refractivity contribution is -0.385. The van der Waals surface area contributed by atoms with Crippen LogP contribution < -0.4 is 25.9 Å². The second-order valence-electron chi connectivity index (χ2n) is 31.2. The first kappa shape index (κ1) is 82.2. The second-order valence-corrected chi connectivity index (χ2v) is 32.0.